The molecule has 212 valence electrons. The number of fused-ring (bicyclic) bond motifs is 3. The van der Waals surface area contributed by atoms with Gasteiger partial charge in [-0.3, -0.25) is 19.3 Å². The predicted octanol–water partition coefficient (Wildman–Crippen LogP) is 0.920. The first-order valence-corrected chi connectivity index (χ1v) is 13.2. The first-order valence-electron chi connectivity index (χ1n) is 13.2. The molecule has 3 unspecified atom stereocenters. The van der Waals surface area contributed by atoms with E-state index in [2.05, 4.69) is 12.2 Å². The van der Waals surface area contributed by atoms with Gasteiger partial charge in [-0.05, 0) is 57.5 Å². The molecule has 11 heteroatoms. The average molecular weight is 543 g/mol. The number of aliphatic hydroxyl groups excluding tert-OH is 2. The minimum absolute atomic E-state index is 0.0553. The molecule has 1 aromatic carbocycles. The number of primary amides is 1. The summed E-state index contributed by atoms with van der Waals surface area (Å²) in [6.45, 7) is 3.15. The second kappa shape index (κ2) is 10.3. The molecule has 1 amide bonds. The van der Waals surface area contributed by atoms with Crippen molar-refractivity contribution in [1.82, 2.24) is 10.2 Å². The van der Waals surface area contributed by atoms with Crippen LogP contribution in [0.3, 0.4) is 0 Å². The molecular formula is C28H38N4O7. The largest absolute Gasteiger partial charge is 0.508 e. The SMILES string of the molecule is CCCCNCc1cc(N(C)C)c2c(c1O)C(O)=C1C(=O)[C@]3(O)C(O)=C(C(N)=O)C(=O)C(N(C)C)C3CC1C2. The van der Waals surface area contributed by atoms with Gasteiger partial charge < -0.3 is 36.4 Å². The van der Waals surface area contributed by atoms with Crippen LogP contribution in [0.15, 0.2) is 23.0 Å². The highest BCUT2D eigenvalue weighted by molar-refractivity contribution is 6.24. The van der Waals surface area contributed by atoms with Gasteiger partial charge in [0, 0.05) is 43.4 Å². The van der Waals surface area contributed by atoms with Crippen molar-refractivity contribution in [2.45, 2.75) is 50.8 Å². The number of nitrogens with one attached hydrogen (secondary N) is 1. The van der Waals surface area contributed by atoms with E-state index in [1.807, 2.05) is 25.1 Å². The summed E-state index contributed by atoms with van der Waals surface area (Å²) in [4.78, 5) is 42.7. The summed E-state index contributed by atoms with van der Waals surface area (Å²) >= 11 is 0. The quantitative estimate of drug-likeness (QED) is 0.205. The molecule has 4 rings (SSSR count). The zero-order valence-electron chi connectivity index (χ0n) is 23.0. The molecular weight excluding hydrogens is 504 g/mol. The number of unbranched alkanes of at least 4 members (excludes halogenated alkanes) is 1. The predicted molar refractivity (Wildman–Crippen MR) is 145 cm³/mol. The molecule has 1 fully saturated rings. The number of ketones is 2. The van der Waals surface area contributed by atoms with Crippen LogP contribution in [-0.4, -0.2) is 89.2 Å². The topological polar surface area (TPSA) is 177 Å². The number of nitrogens with two attached hydrogens (primary N) is 1. The summed E-state index contributed by atoms with van der Waals surface area (Å²) in [5.41, 5.74) is 3.79. The van der Waals surface area contributed by atoms with Crippen molar-refractivity contribution in [2.75, 3.05) is 39.6 Å². The number of phenolic OH excluding ortho intramolecular Hbond substituents is 1. The zero-order valence-corrected chi connectivity index (χ0v) is 23.0. The number of hydrogen-bond acceptors (Lipinski definition) is 10. The Morgan fingerprint density at radius 2 is 1.85 bits per heavy atom. The molecule has 1 aromatic rings. The fourth-order valence-corrected chi connectivity index (χ4v) is 6.40. The van der Waals surface area contributed by atoms with E-state index in [9.17, 15) is 34.8 Å². The Labute approximate surface area is 227 Å². The number of anilines is 1. The molecule has 7 N–H and O–H groups in total. The summed E-state index contributed by atoms with van der Waals surface area (Å²) in [5, 5.41) is 48.8. The summed E-state index contributed by atoms with van der Waals surface area (Å²) < 4.78 is 0. The molecule has 0 radical (unpaired) electrons. The minimum Gasteiger partial charge on any atom is -0.508 e. The van der Waals surface area contributed by atoms with Crippen molar-refractivity contribution in [3.63, 3.8) is 0 Å². The Kier molecular flexibility index (Phi) is 7.54. The molecule has 0 bridgehead atoms. The van der Waals surface area contributed by atoms with Crippen LogP contribution >= 0.6 is 0 Å². The normalized spacial score (nSPS) is 26.5. The summed E-state index contributed by atoms with van der Waals surface area (Å²) in [6.07, 6.45) is 2.27. The van der Waals surface area contributed by atoms with E-state index < -0.39 is 58.0 Å². The molecule has 0 aromatic heterocycles. The Balaban J connectivity index is 1.92. The number of amides is 1. The van der Waals surface area contributed by atoms with Crippen molar-refractivity contribution in [1.29, 1.82) is 0 Å². The molecule has 4 atom stereocenters. The van der Waals surface area contributed by atoms with Gasteiger partial charge in [0.15, 0.2) is 11.4 Å². The van der Waals surface area contributed by atoms with Gasteiger partial charge in [0.25, 0.3) is 5.91 Å². The number of nitrogens with zero attached hydrogens (tertiary/aromatic N) is 2. The van der Waals surface area contributed by atoms with Crippen LogP contribution in [0, 0.1) is 11.8 Å². The van der Waals surface area contributed by atoms with Crippen LogP contribution in [0.4, 0.5) is 5.69 Å². The monoisotopic (exact) mass is 542 g/mol. The number of likely N-dealkylation sites (N-methyl/N-ethyl adjacent to an activating group) is 1. The average Bonchev–Trinajstić information content (AvgIpc) is 2.84. The number of carbonyl (C=O) groups excluding carboxylic acids is 3. The highest BCUT2D eigenvalue weighted by atomic mass is 16.3. The number of aromatic hydroxyl groups is 1. The zero-order chi connectivity index (χ0) is 29.0. The fraction of sp³-hybridized carbons (Fsp3) is 0.536. The van der Waals surface area contributed by atoms with Crippen LogP contribution < -0.4 is 16.0 Å². The number of benzene rings is 1. The van der Waals surface area contributed by atoms with Crippen LogP contribution in [0.1, 0.15) is 42.9 Å². The first kappa shape index (κ1) is 28.6. The van der Waals surface area contributed by atoms with E-state index in [0.717, 1.165) is 25.1 Å². The molecule has 11 nitrogen and oxygen atoms in total. The van der Waals surface area contributed by atoms with Crippen LogP contribution in [0.25, 0.3) is 5.76 Å². The number of Topliss-reactive ketones (excluding diaryl/α,β-unsaturated/α-hetero) is 2. The number of aliphatic hydroxyl groups is 3. The molecule has 3 aliphatic rings. The van der Waals surface area contributed by atoms with Gasteiger partial charge in [0.05, 0.1) is 11.6 Å². The maximum Gasteiger partial charge on any atom is 0.255 e. The number of rotatable bonds is 8. The van der Waals surface area contributed by atoms with Gasteiger partial charge in [0.1, 0.15) is 22.8 Å². The summed E-state index contributed by atoms with van der Waals surface area (Å²) in [5.74, 6) is -6.51. The molecule has 0 heterocycles. The van der Waals surface area contributed by atoms with Gasteiger partial charge in [0.2, 0.25) is 5.78 Å². The third-order valence-corrected chi connectivity index (χ3v) is 8.28. The number of carbonyl (C=O) groups is 3. The van der Waals surface area contributed by atoms with E-state index in [-0.39, 0.29) is 29.7 Å². The van der Waals surface area contributed by atoms with Crippen molar-refractivity contribution < 1.29 is 34.8 Å². The molecule has 0 spiro atoms. The van der Waals surface area contributed by atoms with Crippen molar-refractivity contribution in [3.05, 3.63) is 39.7 Å². The molecule has 0 aliphatic heterocycles. The lowest BCUT2D eigenvalue weighted by molar-refractivity contribution is -0.153. The Morgan fingerprint density at radius 3 is 2.41 bits per heavy atom. The van der Waals surface area contributed by atoms with Crippen LogP contribution in [0.2, 0.25) is 0 Å². The lowest BCUT2D eigenvalue weighted by Crippen LogP contribution is -2.65. The first-order chi connectivity index (χ1) is 18.3. The van der Waals surface area contributed by atoms with Gasteiger partial charge in [-0.1, -0.05) is 13.3 Å². The highest BCUT2D eigenvalue weighted by Crippen LogP contribution is 2.54. The summed E-state index contributed by atoms with van der Waals surface area (Å²) in [7, 11) is 6.84. The van der Waals surface area contributed by atoms with E-state index in [1.54, 1.807) is 14.1 Å². The minimum atomic E-state index is -2.65. The van der Waals surface area contributed by atoms with Gasteiger partial charge in [-0.25, -0.2) is 0 Å². The number of hydrogen-bond donors (Lipinski definition) is 6. The van der Waals surface area contributed by atoms with Gasteiger partial charge in [-0.15, -0.1) is 0 Å². The fourth-order valence-electron chi connectivity index (χ4n) is 6.40. The second-order valence-corrected chi connectivity index (χ2v) is 11.1. The molecule has 3 aliphatic carbocycles. The Morgan fingerprint density at radius 1 is 1.18 bits per heavy atom. The molecule has 39 heavy (non-hydrogen) atoms. The Bertz CT molecular complexity index is 1300. The standard InChI is InChI=1S/C28H38N4O7/c1-6-7-8-30-12-14-11-17(31(2)3)15-9-13-10-16-21(32(4)5)24(35)20(27(29)38)26(37)28(16,39)25(36)18(13)23(34)19(15)22(14)33/h11,13,16,21,30,33-34,37,39H,6-10,12H2,1-5H3,(H2,29,38)/t13?,16?,21?,28-/m0/s1. The maximum atomic E-state index is 14.0. The second-order valence-electron chi connectivity index (χ2n) is 11.1. The van der Waals surface area contributed by atoms with E-state index in [4.69, 9.17) is 5.73 Å². The van der Waals surface area contributed by atoms with Gasteiger partial charge in [-0.2, -0.15) is 0 Å². The van der Waals surface area contributed by atoms with Crippen LogP contribution in [-0.2, 0) is 27.3 Å². The van der Waals surface area contributed by atoms with Crippen molar-refractivity contribution in [2.24, 2.45) is 17.6 Å². The summed E-state index contributed by atoms with van der Waals surface area (Å²) in [6, 6.07) is 0.744. The smallest absolute Gasteiger partial charge is 0.255 e. The van der Waals surface area contributed by atoms with Crippen LogP contribution in [0.5, 0.6) is 5.75 Å². The maximum absolute atomic E-state index is 14.0. The third-order valence-electron chi connectivity index (χ3n) is 8.28. The van der Waals surface area contributed by atoms with Crippen molar-refractivity contribution in [3.8, 4) is 5.75 Å². The van der Waals surface area contributed by atoms with Gasteiger partial charge >= 0.3 is 0 Å². The van der Waals surface area contributed by atoms with Crippen molar-refractivity contribution >= 4 is 28.9 Å². The highest BCUT2D eigenvalue weighted by Gasteiger charge is 2.64. The van der Waals surface area contributed by atoms with E-state index >= 15 is 0 Å². The third kappa shape index (κ3) is 4.29. The Hall–Kier alpha value is -3.41. The van der Waals surface area contributed by atoms with E-state index in [0.29, 0.717) is 17.7 Å². The number of phenols is 1. The molecule has 1 saturated carbocycles. The van der Waals surface area contributed by atoms with E-state index in [1.165, 1.54) is 4.90 Å². The molecule has 0 saturated heterocycles. The lowest BCUT2D eigenvalue weighted by atomic mass is 9.57. The lowest BCUT2D eigenvalue weighted by Gasteiger charge is -2.50.